The first-order valence-corrected chi connectivity index (χ1v) is 12.5. The van der Waals surface area contributed by atoms with Crippen LogP contribution in [0, 0.1) is 5.92 Å². The lowest BCUT2D eigenvalue weighted by atomic mass is 10.0. The number of H-pyrrole nitrogens is 2. The first-order chi connectivity index (χ1) is 18.6. The summed E-state index contributed by atoms with van der Waals surface area (Å²) in [6, 6.07) is 4.65. The summed E-state index contributed by atoms with van der Waals surface area (Å²) in [7, 11) is 0. The Hall–Kier alpha value is -4.52. The van der Waals surface area contributed by atoms with Crippen molar-refractivity contribution in [3.05, 3.63) is 72.3 Å². The lowest BCUT2D eigenvalue weighted by molar-refractivity contribution is -0.142. The number of hydrogen-bond acceptors (Lipinski definition) is 7. The van der Waals surface area contributed by atoms with Gasteiger partial charge in [-0.2, -0.15) is 0 Å². The van der Waals surface area contributed by atoms with Crippen LogP contribution < -0.4 is 21.7 Å². The Kier molecular flexibility index (Phi) is 10.3. The molecule has 0 fully saturated rings. The van der Waals surface area contributed by atoms with Gasteiger partial charge >= 0.3 is 5.97 Å². The first-order valence-electron chi connectivity index (χ1n) is 12.5. The van der Waals surface area contributed by atoms with Crippen LogP contribution in [0.3, 0.4) is 0 Å². The summed E-state index contributed by atoms with van der Waals surface area (Å²) in [6.07, 6.45) is 5.98. The van der Waals surface area contributed by atoms with E-state index in [1.54, 1.807) is 38.1 Å². The van der Waals surface area contributed by atoms with Crippen molar-refractivity contribution in [2.75, 3.05) is 0 Å². The number of carboxylic acid groups (broad SMARTS) is 1. The van der Waals surface area contributed by atoms with Gasteiger partial charge in [0.15, 0.2) is 0 Å². The number of aromatic amines is 2. The van der Waals surface area contributed by atoms with Crippen LogP contribution in [-0.2, 0) is 38.4 Å². The summed E-state index contributed by atoms with van der Waals surface area (Å²) in [4.78, 5) is 64.9. The Morgan fingerprint density at radius 1 is 0.795 bits per heavy atom. The van der Waals surface area contributed by atoms with Crippen molar-refractivity contribution < 1.29 is 24.3 Å². The van der Waals surface area contributed by atoms with Crippen LogP contribution in [-0.4, -0.2) is 72.9 Å². The van der Waals surface area contributed by atoms with Gasteiger partial charge in [-0.25, -0.2) is 14.8 Å². The van der Waals surface area contributed by atoms with E-state index in [-0.39, 0.29) is 25.2 Å². The highest BCUT2D eigenvalue weighted by Crippen LogP contribution is 2.08. The van der Waals surface area contributed by atoms with Crippen LogP contribution in [0.25, 0.3) is 0 Å². The van der Waals surface area contributed by atoms with Crippen molar-refractivity contribution in [1.29, 1.82) is 0 Å². The highest BCUT2D eigenvalue weighted by Gasteiger charge is 2.31. The van der Waals surface area contributed by atoms with Crippen molar-refractivity contribution in [3.63, 3.8) is 0 Å². The van der Waals surface area contributed by atoms with Gasteiger partial charge in [0.1, 0.15) is 18.1 Å². The zero-order valence-corrected chi connectivity index (χ0v) is 21.8. The maximum atomic E-state index is 13.5. The fourth-order valence-electron chi connectivity index (χ4n) is 3.82. The molecule has 1 aromatic carbocycles. The molecule has 8 N–H and O–H groups in total. The van der Waals surface area contributed by atoms with Crippen molar-refractivity contribution in [2.24, 2.45) is 11.7 Å². The van der Waals surface area contributed by atoms with Gasteiger partial charge in [0, 0.05) is 43.0 Å². The van der Waals surface area contributed by atoms with Crippen LogP contribution in [0.1, 0.15) is 30.8 Å². The number of aliphatic carboxylic acids is 1. The fourth-order valence-corrected chi connectivity index (χ4v) is 3.82. The molecule has 3 amide bonds. The average molecular weight is 539 g/mol. The molecule has 13 nitrogen and oxygen atoms in total. The average Bonchev–Trinajstić information content (AvgIpc) is 3.62. The molecule has 3 aromatic rings. The summed E-state index contributed by atoms with van der Waals surface area (Å²) in [5, 5.41) is 17.6. The van der Waals surface area contributed by atoms with Gasteiger partial charge in [0.2, 0.25) is 17.7 Å². The first kappa shape index (κ1) is 29.0. The third-order valence-corrected chi connectivity index (χ3v) is 6.14. The van der Waals surface area contributed by atoms with Crippen LogP contribution in [0.2, 0.25) is 0 Å². The van der Waals surface area contributed by atoms with E-state index >= 15 is 0 Å². The number of rotatable bonds is 14. The van der Waals surface area contributed by atoms with Gasteiger partial charge in [-0.1, -0.05) is 44.2 Å². The quantitative estimate of drug-likeness (QED) is 0.144. The minimum absolute atomic E-state index is 0.0291. The minimum atomic E-state index is -1.27. The Morgan fingerprint density at radius 3 is 1.77 bits per heavy atom. The second-order valence-corrected chi connectivity index (χ2v) is 9.54. The molecule has 39 heavy (non-hydrogen) atoms. The number of carbonyl (C=O) groups excluding carboxylic acids is 3. The third-order valence-electron chi connectivity index (χ3n) is 6.14. The summed E-state index contributed by atoms with van der Waals surface area (Å²) < 4.78 is 0. The number of benzene rings is 1. The molecule has 2 heterocycles. The lowest BCUT2D eigenvalue weighted by Crippen LogP contribution is -2.58. The molecule has 4 unspecified atom stereocenters. The maximum absolute atomic E-state index is 13.5. The largest absolute Gasteiger partial charge is 0.480 e. The predicted octanol–water partition coefficient (Wildman–Crippen LogP) is -0.317. The number of hydrogen-bond donors (Lipinski definition) is 7. The van der Waals surface area contributed by atoms with E-state index in [1.807, 2.05) is 6.07 Å². The monoisotopic (exact) mass is 538 g/mol. The van der Waals surface area contributed by atoms with Crippen LogP contribution in [0.4, 0.5) is 0 Å². The highest BCUT2D eigenvalue weighted by molar-refractivity contribution is 5.94. The van der Waals surface area contributed by atoms with Crippen LogP contribution >= 0.6 is 0 Å². The minimum Gasteiger partial charge on any atom is -0.480 e. The molecule has 208 valence electrons. The zero-order chi connectivity index (χ0) is 28.4. The molecule has 0 aliphatic heterocycles. The maximum Gasteiger partial charge on any atom is 0.326 e. The number of nitrogens with two attached hydrogens (primary N) is 1. The molecule has 0 bridgehead atoms. The van der Waals surface area contributed by atoms with Gasteiger partial charge in [0.25, 0.3) is 0 Å². The lowest BCUT2D eigenvalue weighted by Gasteiger charge is -2.25. The van der Waals surface area contributed by atoms with Crippen molar-refractivity contribution >= 4 is 23.7 Å². The van der Waals surface area contributed by atoms with Crippen molar-refractivity contribution in [1.82, 2.24) is 35.9 Å². The normalized spacial score (nSPS) is 14.2. The van der Waals surface area contributed by atoms with Gasteiger partial charge < -0.3 is 36.8 Å². The molecule has 4 atom stereocenters. The molecule has 0 spiro atoms. The number of carboxylic acids is 1. The van der Waals surface area contributed by atoms with E-state index in [9.17, 15) is 24.3 Å². The molecular formula is C26H34N8O5. The van der Waals surface area contributed by atoms with E-state index in [0.29, 0.717) is 11.4 Å². The summed E-state index contributed by atoms with van der Waals surface area (Å²) >= 11 is 0. The Labute approximate surface area is 225 Å². The Morgan fingerprint density at radius 2 is 1.28 bits per heavy atom. The number of nitrogens with one attached hydrogen (secondary N) is 5. The molecule has 0 radical (unpaired) electrons. The molecular weight excluding hydrogens is 504 g/mol. The van der Waals surface area contributed by atoms with Gasteiger partial charge in [-0.05, 0) is 11.5 Å². The molecule has 2 aromatic heterocycles. The van der Waals surface area contributed by atoms with Crippen molar-refractivity contribution in [3.8, 4) is 0 Å². The van der Waals surface area contributed by atoms with E-state index in [2.05, 4.69) is 35.9 Å². The smallest absolute Gasteiger partial charge is 0.326 e. The fraction of sp³-hybridized carbons (Fsp3) is 0.385. The molecule has 0 saturated heterocycles. The SMILES string of the molecule is CC(C)C(N)C(=O)NC(Cc1cnc[nH]1)C(=O)NC(Cc1ccccc1)C(=O)NC(Cc1cnc[nH]1)C(=O)O. The predicted molar refractivity (Wildman–Crippen MR) is 141 cm³/mol. The summed E-state index contributed by atoms with van der Waals surface area (Å²) in [5.74, 6) is -3.25. The van der Waals surface area contributed by atoms with E-state index in [0.717, 1.165) is 5.56 Å². The summed E-state index contributed by atoms with van der Waals surface area (Å²) in [6.45, 7) is 3.58. The number of nitrogens with zero attached hydrogens (tertiary/aromatic N) is 2. The van der Waals surface area contributed by atoms with Gasteiger partial charge in [-0.3, -0.25) is 14.4 Å². The topological polar surface area (TPSA) is 208 Å². The standard InChI is InChI=1S/C26H34N8O5/c1-15(2)22(27)25(37)33-20(9-17-11-28-13-30-17)24(36)32-19(8-16-6-4-3-5-7-16)23(35)34-21(26(38)39)10-18-12-29-14-31-18/h3-7,11-15,19-22H,8-10,27H2,1-2H3,(H,28,30)(H,29,31)(H,32,36)(H,33,37)(H,34,35)(H,38,39). The van der Waals surface area contributed by atoms with E-state index < -0.39 is 47.9 Å². The molecule has 0 saturated carbocycles. The van der Waals surface area contributed by atoms with E-state index in [1.165, 1.54) is 25.0 Å². The van der Waals surface area contributed by atoms with Crippen LogP contribution in [0.5, 0.6) is 0 Å². The van der Waals surface area contributed by atoms with Crippen molar-refractivity contribution in [2.45, 2.75) is 57.3 Å². The Balaban J connectivity index is 1.81. The van der Waals surface area contributed by atoms with Crippen LogP contribution in [0.15, 0.2) is 55.4 Å². The van der Waals surface area contributed by atoms with Gasteiger partial charge in [0.05, 0.1) is 18.7 Å². The number of aromatic nitrogens is 4. The number of carbonyl (C=O) groups is 4. The molecule has 3 rings (SSSR count). The second-order valence-electron chi connectivity index (χ2n) is 9.54. The third kappa shape index (κ3) is 8.78. The molecule has 13 heteroatoms. The van der Waals surface area contributed by atoms with Gasteiger partial charge in [-0.15, -0.1) is 0 Å². The molecule has 0 aliphatic carbocycles. The number of amides is 3. The highest BCUT2D eigenvalue weighted by atomic mass is 16.4. The summed E-state index contributed by atoms with van der Waals surface area (Å²) in [5.41, 5.74) is 7.84. The van der Waals surface area contributed by atoms with E-state index in [4.69, 9.17) is 5.73 Å². The zero-order valence-electron chi connectivity index (χ0n) is 21.8. The second kappa shape index (κ2) is 13.9. The molecule has 0 aliphatic rings. The Bertz CT molecular complexity index is 1210. The number of imidazole rings is 2.